The minimum absolute atomic E-state index is 0.210. The first-order valence-corrected chi connectivity index (χ1v) is 7.67. The number of hydrogen-bond acceptors (Lipinski definition) is 5. The number of anilines is 1. The highest BCUT2D eigenvalue weighted by Gasteiger charge is 2.41. The van der Waals surface area contributed by atoms with Crippen LogP contribution in [0.2, 0.25) is 0 Å². The molecule has 1 aromatic heterocycles. The van der Waals surface area contributed by atoms with Crippen molar-refractivity contribution in [3.63, 3.8) is 0 Å². The molecule has 3 rings (SSSR count). The number of nitrogens with zero attached hydrogens (tertiary/aromatic N) is 2. The molecule has 0 saturated heterocycles. The van der Waals surface area contributed by atoms with Gasteiger partial charge in [0.15, 0.2) is 11.6 Å². The monoisotopic (exact) mass is 293 g/mol. The zero-order chi connectivity index (χ0) is 14.2. The van der Waals surface area contributed by atoms with Crippen molar-refractivity contribution in [1.29, 1.82) is 0 Å². The molecule has 1 aliphatic carbocycles. The second-order valence-corrected chi connectivity index (χ2v) is 6.24. The Morgan fingerprint density at radius 2 is 2.20 bits per heavy atom. The Balaban J connectivity index is 1.93. The first-order valence-electron chi connectivity index (χ1n) is 6.45. The van der Waals surface area contributed by atoms with Gasteiger partial charge in [0, 0.05) is 22.7 Å². The van der Waals surface area contributed by atoms with Crippen LogP contribution in [-0.2, 0) is 0 Å². The van der Waals surface area contributed by atoms with Crippen LogP contribution in [0, 0.1) is 5.82 Å². The van der Waals surface area contributed by atoms with Crippen molar-refractivity contribution in [3.05, 3.63) is 24.3 Å². The van der Waals surface area contributed by atoms with Gasteiger partial charge >= 0.3 is 0 Å². The van der Waals surface area contributed by atoms with Gasteiger partial charge in [0.25, 0.3) is 0 Å². The molecule has 1 aromatic carbocycles. The average molecular weight is 293 g/mol. The summed E-state index contributed by atoms with van der Waals surface area (Å²) in [6.07, 6.45) is 6.03. The molecule has 0 atom stereocenters. The lowest BCUT2D eigenvalue weighted by molar-refractivity contribution is 0.387. The Bertz CT molecular complexity index is 646. The maximum atomic E-state index is 13.7. The van der Waals surface area contributed by atoms with Crippen LogP contribution < -0.4 is 10.1 Å². The summed E-state index contributed by atoms with van der Waals surface area (Å²) in [5.74, 6) is 0.530. The maximum absolute atomic E-state index is 13.7. The van der Waals surface area contributed by atoms with E-state index < -0.39 is 5.82 Å². The molecule has 0 aliphatic heterocycles. The highest BCUT2D eigenvalue weighted by atomic mass is 32.2. The summed E-state index contributed by atoms with van der Waals surface area (Å²) in [4.78, 5) is 8.37. The molecule has 1 N–H and O–H groups in total. The van der Waals surface area contributed by atoms with Gasteiger partial charge in [-0.05, 0) is 25.2 Å². The molecule has 0 bridgehead atoms. The molecule has 1 fully saturated rings. The minimum Gasteiger partial charge on any atom is -0.494 e. The lowest BCUT2D eigenvalue weighted by Crippen LogP contribution is -2.18. The first kappa shape index (κ1) is 13.4. The van der Waals surface area contributed by atoms with Gasteiger partial charge in [-0.2, -0.15) is 11.8 Å². The molecule has 1 aliphatic rings. The second kappa shape index (κ2) is 5.09. The summed E-state index contributed by atoms with van der Waals surface area (Å²) in [7, 11) is 1.45. The van der Waals surface area contributed by atoms with Gasteiger partial charge in [-0.25, -0.2) is 14.4 Å². The van der Waals surface area contributed by atoms with E-state index in [1.807, 2.05) is 11.8 Å². The highest BCUT2D eigenvalue weighted by Crippen LogP contribution is 2.47. The van der Waals surface area contributed by atoms with Crippen LogP contribution >= 0.6 is 11.8 Å². The highest BCUT2D eigenvalue weighted by molar-refractivity contribution is 8.00. The lowest BCUT2D eigenvalue weighted by Gasteiger charge is -2.15. The molecular weight excluding hydrogens is 277 g/mol. The van der Waals surface area contributed by atoms with Crippen molar-refractivity contribution in [3.8, 4) is 5.75 Å². The van der Waals surface area contributed by atoms with Crippen molar-refractivity contribution in [2.75, 3.05) is 25.2 Å². The van der Waals surface area contributed by atoms with E-state index in [1.165, 1.54) is 32.3 Å². The Kier molecular flexibility index (Phi) is 3.41. The quantitative estimate of drug-likeness (QED) is 0.918. The minimum atomic E-state index is -0.410. The topological polar surface area (TPSA) is 47.0 Å². The van der Waals surface area contributed by atoms with E-state index in [4.69, 9.17) is 4.74 Å². The van der Waals surface area contributed by atoms with E-state index in [0.717, 1.165) is 17.7 Å². The van der Waals surface area contributed by atoms with Gasteiger partial charge in [-0.1, -0.05) is 0 Å². The number of thioether (sulfide) groups is 1. The third kappa shape index (κ3) is 2.40. The number of nitrogens with one attached hydrogen (secondary N) is 1. The summed E-state index contributed by atoms with van der Waals surface area (Å²) < 4.78 is 19.0. The van der Waals surface area contributed by atoms with Crippen LogP contribution in [-0.4, -0.2) is 34.6 Å². The fourth-order valence-corrected chi connectivity index (χ4v) is 2.92. The summed E-state index contributed by atoms with van der Waals surface area (Å²) in [5, 5.41) is 4.14. The van der Waals surface area contributed by atoms with Gasteiger partial charge in [-0.15, -0.1) is 0 Å². The molecule has 4 nitrogen and oxygen atoms in total. The second-order valence-electron chi connectivity index (χ2n) is 4.97. The number of methoxy groups -OCH3 is 1. The number of rotatable bonds is 5. The molecule has 0 radical (unpaired) electrons. The lowest BCUT2D eigenvalue weighted by atomic mass is 10.2. The molecule has 0 spiro atoms. The van der Waals surface area contributed by atoms with Crippen molar-refractivity contribution in [1.82, 2.24) is 9.97 Å². The van der Waals surface area contributed by atoms with Crippen molar-refractivity contribution >= 4 is 28.5 Å². The van der Waals surface area contributed by atoms with Crippen LogP contribution in [0.4, 0.5) is 10.2 Å². The van der Waals surface area contributed by atoms with Crippen molar-refractivity contribution in [2.24, 2.45) is 0 Å². The predicted octanol–water partition coefficient (Wildman–Crippen LogP) is 3.09. The average Bonchev–Trinajstić information content (AvgIpc) is 3.25. The molecular formula is C14H16FN3OS. The van der Waals surface area contributed by atoms with Crippen LogP contribution in [0.1, 0.15) is 12.8 Å². The van der Waals surface area contributed by atoms with Gasteiger partial charge < -0.3 is 10.1 Å². The molecule has 0 unspecified atom stereocenters. The fourth-order valence-electron chi connectivity index (χ4n) is 2.19. The smallest absolute Gasteiger partial charge is 0.167 e. The number of halogens is 1. The maximum Gasteiger partial charge on any atom is 0.167 e. The van der Waals surface area contributed by atoms with E-state index in [2.05, 4.69) is 21.5 Å². The molecule has 1 heterocycles. The molecule has 2 aromatic rings. The zero-order valence-corrected chi connectivity index (χ0v) is 12.3. The van der Waals surface area contributed by atoms with Crippen LogP contribution in [0.5, 0.6) is 5.75 Å². The Hall–Kier alpha value is -1.56. The molecule has 0 amide bonds. The first-order chi connectivity index (χ1) is 9.67. The summed E-state index contributed by atoms with van der Waals surface area (Å²) >= 11 is 1.88. The van der Waals surface area contributed by atoms with Gasteiger partial charge in [0.1, 0.15) is 12.1 Å². The SMILES string of the molecule is COc1cc2c(NCC3(SC)CC3)ncnc2cc1F. The Labute approximate surface area is 121 Å². The van der Waals surface area contributed by atoms with Crippen molar-refractivity contribution in [2.45, 2.75) is 17.6 Å². The van der Waals surface area contributed by atoms with E-state index in [9.17, 15) is 4.39 Å². The summed E-state index contributed by atoms with van der Waals surface area (Å²) in [5.41, 5.74) is 0.579. The predicted molar refractivity (Wildman–Crippen MR) is 80.0 cm³/mol. The summed E-state index contributed by atoms with van der Waals surface area (Å²) in [6, 6.07) is 3.02. The summed E-state index contributed by atoms with van der Waals surface area (Å²) in [6.45, 7) is 0.861. The third-order valence-electron chi connectivity index (χ3n) is 3.73. The fraction of sp³-hybridized carbons (Fsp3) is 0.429. The van der Waals surface area contributed by atoms with Gasteiger partial charge in [0.2, 0.25) is 0 Å². The van der Waals surface area contributed by atoms with E-state index in [0.29, 0.717) is 10.3 Å². The van der Waals surface area contributed by atoms with Crippen LogP contribution in [0.15, 0.2) is 18.5 Å². The number of fused-ring (bicyclic) bond motifs is 1. The molecule has 1 saturated carbocycles. The third-order valence-corrected chi connectivity index (χ3v) is 5.15. The van der Waals surface area contributed by atoms with Crippen LogP contribution in [0.25, 0.3) is 10.9 Å². The van der Waals surface area contributed by atoms with E-state index in [1.54, 1.807) is 6.07 Å². The van der Waals surface area contributed by atoms with E-state index in [-0.39, 0.29) is 5.75 Å². The Morgan fingerprint density at radius 3 is 2.85 bits per heavy atom. The Morgan fingerprint density at radius 1 is 1.40 bits per heavy atom. The molecule has 106 valence electrons. The van der Waals surface area contributed by atoms with Crippen molar-refractivity contribution < 1.29 is 9.13 Å². The number of hydrogen-bond donors (Lipinski definition) is 1. The number of ether oxygens (including phenoxy) is 1. The van der Waals surface area contributed by atoms with Crippen LogP contribution in [0.3, 0.4) is 0 Å². The largest absolute Gasteiger partial charge is 0.494 e. The molecule has 6 heteroatoms. The molecule has 20 heavy (non-hydrogen) atoms. The number of benzene rings is 1. The van der Waals surface area contributed by atoms with E-state index >= 15 is 0 Å². The zero-order valence-electron chi connectivity index (χ0n) is 11.4. The van der Waals surface area contributed by atoms with Gasteiger partial charge in [0.05, 0.1) is 12.6 Å². The van der Waals surface area contributed by atoms with Gasteiger partial charge in [-0.3, -0.25) is 0 Å². The number of aromatic nitrogens is 2. The normalized spacial score (nSPS) is 16.1. The standard InChI is InChI=1S/C14H16FN3OS/c1-19-12-5-9-11(6-10(12)15)17-8-18-13(9)16-7-14(20-2)3-4-14/h5-6,8H,3-4,7H2,1-2H3,(H,16,17,18).